The first-order chi connectivity index (χ1) is 3.97. The first-order valence-corrected chi connectivity index (χ1v) is 3.06. The number of hydrazine groups is 2. The summed E-state index contributed by atoms with van der Waals surface area (Å²) in [6.07, 6.45) is 1.91. The van der Waals surface area contributed by atoms with E-state index in [4.69, 9.17) is 0 Å². The summed E-state index contributed by atoms with van der Waals surface area (Å²) < 4.78 is 0. The highest BCUT2D eigenvalue weighted by atomic mass is 32.2. The minimum Gasteiger partial charge on any atom is -0.240 e. The molecule has 0 radical (unpaired) electrons. The number of thioether (sulfide) groups is 1. The van der Waals surface area contributed by atoms with Crippen LogP contribution >= 0.6 is 11.8 Å². The van der Waals surface area contributed by atoms with E-state index >= 15 is 0 Å². The summed E-state index contributed by atoms with van der Waals surface area (Å²) >= 11 is 1.58. The number of nitrogens with zero attached hydrogens (tertiary/aromatic N) is 2. The Labute approximate surface area is 50.6 Å². The maximum atomic E-state index is 3.88. The van der Waals surface area contributed by atoms with Crippen LogP contribution in [0.25, 0.3) is 0 Å². The highest BCUT2D eigenvalue weighted by molar-refractivity contribution is 8.16. The van der Waals surface area contributed by atoms with Gasteiger partial charge in [-0.15, -0.1) is 10.6 Å². The van der Waals surface area contributed by atoms with E-state index in [9.17, 15) is 0 Å². The van der Waals surface area contributed by atoms with Gasteiger partial charge < -0.3 is 0 Å². The van der Waals surface area contributed by atoms with Crippen molar-refractivity contribution in [2.45, 2.75) is 0 Å². The Morgan fingerprint density at radius 1 is 1.75 bits per heavy atom. The molecule has 8 heavy (non-hydrogen) atoms. The van der Waals surface area contributed by atoms with Gasteiger partial charge in [0.2, 0.25) is 5.17 Å². The van der Waals surface area contributed by atoms with Crippen molar-refractivity contribution in [3.8, 4) is 0 Å². The van der Waals surface area contributed by atoms with E-state index in [1.807, 2.05) is 16.6 Å². The zero-order chi connectivity index (χ0) is 5.40. The second-order valence-electron chi connectivity index (χ2n) is 1.39. The van der Waals surface area contributed by atoms with Crippen molar-refractivity contribution < 1.29 is 0 Å². The summed E-state index contributed by atoms with van der Waals surface area (Å²) in [5, 5.41) is 8.60. The molecule has 0 bridgehead atoms. The fourth-order valence-corrected chi connectivity index (χ4v) is 1.19. The number of fused-ring (bicyclic) bond motifs is 1. The maximum Gasteiger partial charge on any atom is 0.208 e. The molecule has 4 nitrogen and oxygen atoms in total. The van der Waals surface area contributed by atoms with Gasteiger partial charge in [0.1, 0.15) is 0 Å². The van der Waals surface area contributed by atoms with Crippen molar-refractivity contribution >= 4 is 16.9 Å². The molecule has 0 fully saturated rings. The van der Waals surface area contributed by atoms with Crippen LogP contribution < -0.4 is 11.1 Å². The van der Waals surface area contributed by atoms with Gasteiger partial charge in [-0.3, -0.25) is 0 Å². The second kappa shape index (κ2) is 1.40. The van der Waals surface area contributed by atoms with Gasteiger partial charge in [0, 0.05) is 6.20 Å². The fraction of sp³-hybridized carbons (Fsp3) is 0. The number of amidine groups is 1. The van der Waals surface area contributed by atoms with E-state index in [2.05, 4.69) is 16.2 Å². The lowest BCUT2D eigenvalue weighted by atomic mass is 10.9. The van der Waals surface area contributed by atoms with Crippen LogP contribution in [0, 0.1) is 0 Å². The van der Waals surface area contributed by atoms with E-state index < -0.39 is 0 Å². The van der Waals surface area contributed by atoms with E-state index in [1.54, 1.807) is 11.8 Å². The minimum atomic E-state index is 0.949. The monoisotopic (exact) mass is 128 g/mol. The molecule has 0 aromatic heterocycles. The molecule has 42 valence electrons. The highest BCUT2D eigenvalue weighted by Gasteiger charge is 2.17. The number of nitrogens with one attached hydrogen (secondary N) is 2. The lowest BCUT2D eigenvalue weighted by Gasteiger charge is -2.04. The van der Waals surface area contributed by atoms with Gasteiger partial charge in [-0.25, -0.2) is 10.5 Å². The van der Waals surface area contributed by atoms with Crippen LogP contribution in [0.5, 0.6) is 0 Å². The molecule has 0 unspecified atom stereocenters. The van der Waals surface area contributed by atoms with Crippen LogP contribution in [-0.2, 0) is 0 Å². The Morgan fingerprint density at radius 2 is 2.75 bits per heavy atom. The summed E-state index contributed by atoms with van der Waals surface area (Å²) in [4.78, 5) is 0. The maximum absolute atomic E-state index is 3.88. The Hall–Kier alpha value is -0.680. The molecule has 5 heteroatoms. The van der Waals surface area contributed by atoms with E-state index in [-0.39, 0.29) is 0 Å². The Kier molecular flexibility index (Phi) is 0.737. The van der Waals surface area contributed by atoms with Crippen molar-refractivity contribution in [2.24, 2.45) is 5.10 Å². The summed E-state index contributed by atoms with van der Waals surface area (Å²) in [6.45, 7) is 0. The lowest BCUT2D eigenvalue weighted by molar-refractivity contribution is 0.387. The molecule has 0 aliphatic carbocycles. The van der Waals surface area contributed by atoms with Crippen LogP contribution in [-0.4, -0.2) is 10.2 Å². The summed E-state index contributed by atoms with van der Waals surface area (Å²) in [6, 6.07) is 0. The molecular weight excluding hydrogens is 124 g/mol. The topological polar surface area (TPSA) is 39.7 Å². The normalized spacial score (nSPS) is 23.0. The van der Waals surface area contributed by atoms with Gasteiger partial charge in [0.15, 0.2) is 0 Å². The summed E-state index contributed by atoms with van der Waals surface area (Å²) in [7, 11) is 0. The molecular formula is C3H4N4S. The molecule has 2 aliphatic rings. The predicted molar refractivity (Wildman–Crippen MR) is 32.3 cm³/mol. The molecule has 0 aromatic carbocycles. The van der Waals surface area contributed by atoms with E-state index in [0.717, 1.165) is 5.17 Å². The van der Waals surface area contributed by atoms with Crippen molar-refractivity contribution in [1.29, 1.82) is 0 Å². The first-order valence-electron chi connectivity index (χ1n) is 2.18. The number of hydrogen-bond acceptors (Lipinski definition) is 5. The van der Waals surface area contributed by atoms with Crippen LogP contribution in [0.15, 0.2) is 16.7 Å². The molecule has 0 saturated heterocycles. The van der Waals surface area contributed by atoms with Gasteiger partial charge in [0.25, 0.3) is 0 Å². The molecule has 2 rings (SSSR count). The van der Waals surface area contributed by atoms with Crippen molar-refractivity contribution in [3.05, 3.63) is 11.6 Å². The highest BCUT2D eigenvalue weighted by Crippen LogP contribution is 2.17. The smallest absolute Gasteiger partial charge is 0.208 e. The zero-order valence-electron chi connectivity index (χ0n) is 3.96. The molecule has 2 heterocycles. The molecule has 2 aliphatic heterocycles. The standard InChI is InChI=1S/C3H4N4S/c1-2-8-3-4-5-6-7(1)3/h1-2,5-6H. The number of rotatable bonds is 0. The van der Waals surface area contributed by atoms with Gasteiger partial charge in [-0.05, 0) is 5.41 Å². The average molecular weight is 128 g/mol. The van der Waals surface area contributed by atoms with Crippen LogP contribution in [0.2, 0.25) is 0 Å². The van der Waals surface area contributed by atoms with Gasteiger partial charge in [0.05, 0.1) is 0 Å². The largest absolute Gasteiger partial charge is 0.240 e. The number of hydrogen-bond donors (Lipinski definition) is 2. The van der Waals surface area contributed by atoms with E-state index in [1.165, 1.54) is 0 Å². The van der Waals surface area contributed by atoms with Crippen molar-refractivity contribution in [1.82, 2.24) is 16.1 Å². The molecule has 2 N–H and O–H groups in total. The molecule has 0 atom stereocenters. The predicted octanol–water partition coefficient (Wildman–Crippen LogP) is -0.200. The van der Waals surface area contributed by atoms with Gasteiger partial charge >= 0.3 is 0 Å². The third-order valence-electron chi connectivity index (χ3n) is 0.911. The zero-order valence-corrected chi connectivity index (χ0v) is 4.77. The fourth-order valence-electron chi connectivity index (χ4n) is 0.565. The quantitative estimate of drug-likeness (QED) is 0.474. The van der Waals surface area contributed by atoms with E-state index in [0.29, 0.717) is 0 Å². The Balaban J connectivity index is 2.28. The Morgan fingerprint density at radius 3 is 3.62 bits per heavy atom. The summed E-state index contributed by atoms with van der Waals surface area (Å²) in [5.74, 6) is 0. The summed E-state index contributed by atoms with van der Waals surface area (Å²) in [5.41, 5.74) is 5.41. The molecule has 0 aromatic rings. The van der Waals surface area contributed by atoms with Crippen LogP contribution in [0.1, 0.15) is 0 Å². The molecule has 0 amide bonds. The van der Waals surface area contributed by atoms with Crippen molar-refractivity contribution in [2.75, 3.05) is 0 Å². The third-order valence-corrected chi connectivity index (χ3v) is 1.67. The average Bonchev–Trinajstić information content (AvgIpc) is 2.15. The lowest BCUT2D eigenvalue weighted by Crippen LogP contribution is -2.33. The number of hydrazone groups is 1. The van der Waals surface area contributed by atoms with Crippen LogP contribution in [0.3, 0.4) is 0 Å². The molecule has 0 saturated carbocycles. The second-order valence-corrected chi connectivity index (χ2v) is 2.26. The third kappa shape index (κ3) is 0.423. The minimum absolute atomic E-state index is 0.949. The first kappa shape index (κ1) is 4.22. The van der Waals surface area contributed by atoms with Gasteiger partial charge in [-0.2, -0.15) is 0 Å². The Bertz CT molecular complexity index is 163. The van der Waals surface area contributed by atoms with Gasteiger partial charge in [-0.1, -0.05) is 11.8 Å². The molecule has 0 spiro atoms. The SMILES string of the molecule is C1=CN2NNN=C2S1. The van der Waals surface area contributed by atoms with Crippen molar-refractivity contribution in [3.63, 3.8) is 0 Å². The van der Waals surface area contributed by atoms with Crippen LogP contribution in [0.4, 0.5) is 0 Å².